The fourth-order valence-electron chi connectivity index (χ4n) is 2.11. The molecule has 0 heterocycles. The monoisotopic (exact) mass is 344 g/mol. The van der Waals surface area contributed by atoms with Gasteiger partial charge in [0.2, 0.25) is 0 Å². The highest BCUT2D eigenvalue weighted by molar-refractivity contribution is 5.95. The van der Waals surface area contributed by atoms with Gasteiger partial charge < -0.3 is 18.9 Å². The quantitative estimate of drug-likeness (QED) is 0.617. The number of benzene rings is 2. The molecule has 0 aliphatic rings. The molecule has 7 heteroatoms. The van der Waals surface area contributed by atoms with Gasteiger partial charge in [0.1, 0.15) is 11.5 Å². The van der Waals surface area contributed by atoms with Gasteiger partial charge in [-0.25, -0.2) is 5.43 Å². The molecule has 1 amide bonds. The lowest BCUT2D eigenvalue weighted by atomic mass is 10.2. The second kappa shape index (κ2) is 8.58. The SMILES string of the molecule is COc1cc(/C=N\NC(=O)c2ccc(OC)c(OC)c2)cc(OC)c1. The van der Waals surface area contributed by atoms with Crippen LogP contribution >= 0.6 is 0 Å². The van der Waals surface area contributed by atoms with E-state index in [9.17, 15) is 4.79 Å². The van der Waals surface area contributed by atoms with Gasteiger partial charge in [0.25, 0.3) is 5.91 Å². The van der Waals surface area contributed by atoms with Gasteiger partial charge in [0.05, 0.1) is 34.7 Å². The summed E-state index contributed by atoms with van der Waals surface area (Å²) >= 11 is 0. The van der Waals surface area contributed by atoms with Crippen LogP contribution in [0.5, 0.6) is 23.0 Å². The summed E-state index contributed by atoms with van der Waals surface area (Å²) in [6.07, 6.45) is 1.50. The van der Waals surface area contributed by atoms with Gasteiger partial charge in [-0.15, -0.1) is 0 Å². The number of rotatable bonds is 7. The van der Waals surface area contributed by atoms with Gasteiger partial charge in [-0.3, -0.25) is 4.79 Å². The molecular weight excluding hydrogens is 324 g/mol. The van der Waals surface area contributed by atoms with Crippen LogP contribution in [0.3, 0.4) is 0 Å². The molecule has 0 bridgehead atoms. The average Bonchev–Trinajstić information content (AvgIpc) is 2.66. The molecule has 0 saturated carbocycles. The highest BCUT2D eigenvalue weighted by Crippen LogP contribution is 2.27. The summed E-state index contributed by atoms with van der Waals surface area (Å²) in [7, 11) is 6.17. The van der Waals surface area contributed by atoms with Crippen molar-refractivity contribution in [3.63, 3.8) is 0 Å². The van der Waals surface area contributed by atoms with Crippen LogP contribution in [0.15, 0.2) is 41.5 Å². The van der Waals surface area contributed by atoms with Crippen LogP contribution in [0.4, 0.5) is 0 Å². The molecule has 0 aromatic heterocycles. The summed E-state index contributed by atoms with van der Waals surface area (Å²) in [4.78, 5) is 12.2. The molecule has 25 heavy (non-hydrogen) atoms. The van der Waals surface area contributed by atoms with Crippen molar-refractivity contribution in [2.45, 2.75) is 0 Å². The Balaban J connectivity index is 2.10. The van der Waals surface area contributed by atoms with Crippen LogP contribution in [0, 0.1) is 0 Å². The Kier molecular flexibility index (Phi) is 6.22. The topological polar surface area (TPSA) is 78.4 Å². The molecule has 0 atom stereocenters. The number of hydrazone groups is 1. The fourth-order valence-corrected chi connectivity index (χ4v) is 2.11. The first-order valence-corrected chi connectivity index (χ1v) is 7.39. The Labute approximate surface area is 146 Å². The normalized spacial score (nSPS) is 10.4. The molecular formula is C18H20N2O5. The van der Waals surface area contributed by atoms with Crippen molar-refractivity contribution >= 4 is 12.1 Å². The van der Waals surface area contributed by atoms with Gasteiger partial charge in [-0.2, -0.15) is 5.10 Å². The largest absolute Gasteiger partial charge is 0.497 e. The maximum absolute atomic E-state index is 12.2. The maximum atomic E-state index is 12.2. The lowest BCUT2D eigenvalue weighted by molar-refractivity contribution is 0.0954. The third-order valence-electron chi connectivity index (χ3n) is 3.40. The Morgan fingerprint density at radius 3 is 2.08 bits per heavy atom. The first kappa shape index (κ1) is 18.1. The molecule has 0 fully saturated rings. The number of nitrogens with zero attached hydrogens (tertiary/aromatic N) is 1. The van der Waals surface area contributed by atoms with E-state index >= 15 is 0 Å². The highest BCUT2D eigenvalue weighted by atomic mass is 16.5. The summed E-state index contributed by atoms with van der Waals surface area (Å²) < 4.78 is 20.7. The lowest BCUT2D eigenvalue weighted by Crippen LogP contribution is -2.17. The minimum atomic E-state index is -0.368. The molecule has 0 aliphatic carbocycles. The number of hydrogen-bond acceptors (Lipinski definition) is 6. The predicted octanol–water partition coefficient (Wildman–Crippen LogP) is 2.48. The Morgan fingerprint density at radius 2 is 1.52 bits per heavy atom. The number of amides is 1. The first-order chi connectivity index (χ1) is 12.1. The Morgan fingerprint density at radius 1 is 0.880 bits per heavy atom. The van der Waals surface area contributed by atoms with E-state index in [2.05, 4.69) is 10.5 Å². The van der Waals surface area contributed by atoms with Crippen molar-refractivity contribution in [2.24, 2.45) is 5.10 Å². The van der Waals surface area contributed by atoms with Crippen molar-refractivity contribution < 1.29 is 23.7 Å². The Hall–Kier alpha value is -3.22. The van der Waals surface area contributed by atoms with Crippen LogP contribution in [0.25, 0.3) is 0 Å². The van der Waals surface area contributed by atoms with E-state index < -0.39 is 0 Å². The summed E-state index contributed by atoms with van der Waals surface area (Å²) in [6.45, 7) is 0. The van der Waals surface area contributed by atoms with E-state index in [4.69, 9.17) is 18.9 Å². The minimum absolute atomic E-state index is 0.368. The van der Waals surface area contributed by atoms with Crippen molar-refractivity contribution in [1.82, 2.24) is 5.43 Å². The summed E-state index contributed by atoms with van der Waals surface area (Å²) in [5.74, 6) is 1.91. The number of carbonyl (C=O) groups is 1. The number of hydrogen-bond donors (Lipinski definition) is 1. The first-order valence-electron chi connectivity index (χ1n) is 7.39. The molecule has 0 spiro atoms. The van der Waals surface area contributed by atoms with E-state index in [0.717, 1.165) is 5.56 Å². The summed E-state index contributed by atoms with van der Waals surface area (Å²) in [5.41, 5.74) is 3.59. The van der Waals surface area contributed by atoms with Crippen LogP contribution < -0.4 is 24.4 Å². The maximum Gasteiger partial charge on any atom is 0.271 e. The van der Waals surface area contributed by atoms with Crippen molar-refractivity contribution in [3.8, 4) is 23.0 Å². The second-order valence-corrected chi connectivity index (χ2v) is 4.91. The number of nitrogens with one attached hydrogen (secondary N) is 1. The third-order valence-corrected chi connectivity index (χ3v) is 3.40. The van der Waals surface area contributed by atoms with Gasteiger partial charge in [-0.1, -0.05) is 0 Å². The molecule has 2 aromatic carbocycles. The van der Waals surface area contributed by atoms with E-state index in [1.807, 2.05) is 0 Å². The number of ether oxygens (including phenoxy) is 4. The molecule has 132 valence electrons. The zero-order valence-corrected chi connectivity index (χ0v) is 14.5. The number of carbonyl (C=O) groups excluding carboxylic acids is 1. The molecule has 0 radical (unpaired) electrons. The van der Waals surface area contributed by atoms with Gasteiger partial charge >= 0.3 is 0 Å². The molecule has 1 N–H and O–H groups in total. The highest BCUT2D eigenvalue weighted by Gasteiger charge is 2.10. The van der Waals surface area contributed by atoms with Gasteiger partial charge in [0.15, 0.2) is 11.5 Å². The van der Waals surface area contributed by atoms with Crippen LogP contribution in [0.2, 0.25) is 0 Å². The predicted molar refractivity (Wildman–Crippen MR) is 94.2 cm³/mol. The van der Waals surface area contributed by atoms with E-state index in [1.54, 1.807) is 50.6 Å². The third kappa shape index (κ3) is 4.63. The average molecular weight is 344 g/mol. The zero-order chi connectivity index (χ0) is 18.2. The molecule has 2 aromatic rings. The summed E-state index contributed by atoms with van der Waals surface area (Å²) in [6, 6.07) is 10.2. The van der Waals surface area contributed by atoms with Crippen LogP contribution in [0.1, 0.15) is 15.9 Å². The standard InChI is InChI=1S/C18H20N2O5/c1-22-14-7-12(8-15(10-14)23-2)11-19-20-18(21)13-5-6-16(24-3)17(9-13)25-4/h5-11H,1-4H3,(H,20,21)/b19-11-. The fraction of sp³-hybridized carbons (Fsp3) is 0.222. The molecule has 0 unspecified atom stereocenters. The van der Waals surface area contributed by atoms with Gasteiger partial charge in [0, 0.05) is 17.2 Å². The van der Waals surface area contributed by atoms with Crippen molar-refractivity contribution in [3.05, 3.63) is 47.5 Å². The summed E-state index contributed by atoms with van der Waals surface area (Å²) in [5, 5.41) is 3.96. The lowest BCUT2D eigenvalue weighted by Gasteiger charge is -2.08. The van der Waals surface area contributed by atoms with Crippen LogP contribution in [-0.2, 0) is 0 Å². The molecule has 2 rings (SSSR count). The van der Waals surface area contributed by atoms with Gasteiger partial charge in [-0.05, 0) is 30.3 Å². The molecule has 0 aliphatic heterocycles. The van der Waals surface area contributed by atoms with E-state index in [0.29, 0.717) is 28.6 Å². The molecule has 0 saturated heterocycles. The smallest absolute Gasteiger partial charge is 0.271 e. The Bertz CT molecular complexity index is 752. The zero-order valence-electron chi connectivity index (χ0n) is 14.5. The van der Waals surface area contributed by atoms with Crippen molar-refractivity contribution in [1.29, 1.82) is 0 Å². The second-order valence-electron chi connectivity index (χ2n) is 4.91. The van der Waals surface area contributed by atoms with Crippen molar-refractivity contribution in [2.75, 3.05) is 28.4 Å². The van der Waals surface area contributed by atoms with Crippen LogP contribution in [-0.4, -0.2) is 40.6 Å². The molecule has 7 nitrogen and oxygen atoms in total. The number of methoxy groups -OCH3 is 4. The van der Waals surface area contributed by atoms with E-state index in [1.165, 1.54) is 20.4 Å². The minimum Gasteiger partial charge on any atom is -0.497 e. The van der Waals surface area contributed by atoms with E-state index in [-0.39, 0.29) is 5.91 Å².